The van der Waals surface area contributed by atoms with E-state index in [0.29, 0.717) is 5.75 Å². The lowest BCUT2D eigenvalue weighted by Gasteiger charge is -2.27. The van der Waals surface area contributed by atoms with Crippen LogP contribution in [0.5, 0.6) is 5.75 Å². The van der Waals surface area contributed by atoms with Crippen LogP contribution in [0.1, 0.15) is 11.5 Å². The third kappa shape index (κ3) is 1.66. The lowest BCUT2D eigenvalue weighted by molar-refractivity contribution is -0.386. The topological polar surface area (TPSA) is 64.4 Å². The van der Waals surface area contributed by atoms with Gasteiger partial charge in [0.25, 0.3) is 0 Å². The Balaban J connectivity index is 2.47. The number of nitro benzene ring substituents is 1. The first-order chi connectivity index (χ1) is 7.24. The van der Waals surface area contributed by atoms with Gasteiger partial charge in [-0.1, -0.05) is 12.1 Å². The van der Waals surface area contributed by atoms with E-state index >= 15 is 0 Å². The molecular weight excluding hydrogens is 196 g/mol. The van der Waals surface area contributed by atoms with Crippen molar-refractivity contribution in [2.45, 2.75) is 5.92 Å². The van der Waals surface area contributed by atoms with E-state index in [9.17, 15) is 10.1 Å². The second kappa shape index (κ2) is 3.86. The fourth-order valence-corrected chi connectivity index (χ4v) is 1.74. The first-order valence-corrected chi connectivity index (χ1v) is 4.76. The van der Waals surface area contributed by atoms with Gasteiger partial charge in [-0.15, -0.1) is 0 Å². The number of nitrogens with one attached hydrogen (secondary N) is 1. The number of ether oxygens (including phenoxy) is 1. The van der Waals surface area contributed by atoms with E-state index in [1.54, 1.807) is 18.2 Å². The molecule has 1 fully saturated rings. The minimum atomic E-state index is -0.369. The van der Waals surface area contributed by atoms with Gasteiger partial charge in [-0.25, -0.2) is 0 Å². The summed E-state index contributed by atoms with van der Waals surface area (Å²) in [4.78, 5) is 10.6. The van der Waals surface area contributed by atoms with Gasteiger partial charge in [0.05, 0.1) is 12.0 Å². The van der Waals surface area contributed by atoms with Gasteiger partial charge in [0.1, 0.15) is 0 Å². The van der Waals surface area contributed by atoms with Crippen molar-refractivity contribution in [2.75, 3.05) is 20.2 Å². The fourth-order valence-electron chi connectivity index (χ4n) is 1.74. The molecule has 1 heterocycles. The van der Waals surface area contributed by atoms with Crippen molar-refractivity contribution >= 4 is 5.69 Å². The van der Waals surface area contributed by atoms with Gasteiger partial charge in [-0.05, 0) is 6.07 Å². The largest absolute Gasteiger partial charge is 0.490 e. The Hall–Kier alpha value is -1.62. The first-order valence-electron chi connectivity index (χ1n) is 4.76. The predicted octanol–water partition coefficient (Wildman–Crippen LogP) is 1.29. The number of hydrogen-bond donors (Lipinski definition) is 1. The highest BCUT2D eigenvalue weighted by atomic mass is 16.6. The van der Waals surface area contributed by atoms with Gasteiger partial charge in [0.15, 0.2) is 5.75 Å². The van der Waals surface area contributed by atoms with Crippen molar-refractivity contribution in [3.05, 3.63) is 33.9 Å². The molecule has 15 heavy (non-hydrogen) atoms. The quantitative estimate of drug-likeness (QED) is 0.600. The van der Waals surface area contributed by atoms with Crippen molar-refractivity contribution < 1.29 is 9.66 Å². The molecule has 0 aromatic heterocycles. The first kappa shape index (κ1) is 9.92. The summed E-state index contributed by atoms with van der Waals surface area (Å²) in [7, 11) is 1.45. The summed E-state index contributed by atoms with van der Waals surface area (Å²) in [6, 6.07) is 5.21. The van der Waals surface area contributed by atoms with Gasteiger partial charge >= 0.3 is 5.69 Å². The molecule has 1 aliphatic rings. The molecule has 5 heteroatoms. The van der Waals surface area contributed by atoms with Crippen LogP contribution in [-0.4, -0.2) is 25.1 Å². The summed E-state index contributed by atoms with van der Waals surface area (Å²) in [5, 5.41) is 14.1. The average molecular weight is 208 g/mol. The van der Waals surface area contributed by atoms with Gasteiger partial charge in [0.2, 0.25) is 0 Å². The van der Waals surface area contributed by atoms with Crippen LogP contribution in [0.2, 0.25) is 0 Å². The molecule has 1 aliphatic heterocycles. The third-order valence-electron chi connectivity index (χ3n) is 2.65. The van der Waals surface area contributed by atoms with E-state index in [-0.39, 0.29) is 16.5 Å². The number of hydrogen-bond acceptors (Lipinski definition) is 4. The lowest BCUT2D eigenvalue weighted by atomic mass is 9.92. The number of rotatable bonds is 3. The van der Waals surface area contributed by atoms with E-state index in [2.05, 4.69) is 5.32 Å². The summed E-state index contributed by atoms with van der Waals surface area (Å²) >= 11 is 0. The molecular formula is C10H12N2O3. The van der Waals surface area contributed by atoms with Crippen LogP contribution in [-0.2, 0) is 0 Å². The van der Waals surface area contributed by atoms with Crippen molar-refractivity contribution in [2.24, 2.45) is 0 Å². The van der Waals surface area contributed by atoms with Crippen molar-refractivity contribution in [1.82, 2.24) is 5.32 Å². The van der Waals surface area contributed by atoms with E-state index in [0.717, 1.165) is 18.7 Å². The molecule has 80 valence electrons. The number of benzene rings is 1. The maximum atomic E-state index is 11.0. The Kier molecular flexibility index (Phi) is 2.55. The normalized spacial score (nSPS) is 15.8. The minimum absolute atomic E-state index is 0.103. The second-order valence-electron chi connectivity index (χ2n) is 3.51. The van der Waals surface area contributed by atoms with E-state index < -0.39 is 0 Å². The summed E-state index contributed by atoms with van der Waals surface area (Å²) in [5.41, 5.74) is 0.865. The van der Waals surface area contributed by atoms with Crippen LogP contribution in [0.15, 0.2) is 18.2 Å². The lowest BCUT2D eigenvalue weighted by Crippen LogP contribution is -2.40. The molecule has 5 nitrogen and oxygen atoms in total. The Morgan fingerprint density at radius 2 is 2.27 bits per heavy atom. The SMILES string of the molecule is COc1cccc(C2CNC2)c1[N+](=O)[O-]. The Morgan fingerprint density at radius 1 is 1.53 bits per heavy atom. The van der Waals surface area contributed by atoms with E-state index in [1.807, 2.05) is 0 Å². The van der Waals surface area contributed by atoms with Crippen molar-refractivity contribution in [3.8, 4) is 5.75 Å². The van der Waals surface area contributed by atoms with Gasteiger partial charge in [-0.2, -0.15) is 0 Å². The van der Waals surface area contributed by atoms with Crippen LogP contribution in [0.25, 0.3) is 0 Å². The maximum Gasteiger partial charge on any atom is 0.314 e. The fraction of sp³-hybridized carbons (Fsp3) is 0.400. The molecule has 1 N–H and O–H groups in total. The Bertz CT molecular complexity index is 388. The Morgan fingerprint density at radius 3 is 2.73 bits per heavy atom. The average Bonchev–Trinajstić information content (AvgIpc) is 2.14. The summed E-state index contributed by atoms with van der Waals surface area (Å²) < 4.78 is 5.00. The number of nitrogens with zero attached hydrogens (tertiary/aromatic N) is 1. The molecule has 1 saturated heterocycles. The molecule has 1 aromatic rings. The zero-order valence-electron chi connectivity index (χ0n) is 8.40. The molecule has 0 radical (unpaired) electrons. The molecule has 0 spiro atoms. The van der Waals surface area contributed by atoms with Crippen molar-refractivity contribution in [1.29, 1.82) is 0 Å². The molecule has 1 aromatic carbocycles. The van der Waals surface area contributed by atoms with Crippen LogP contribution in [0.4, 0.5) is 5.69 Å². The van der Waals surface area contributed by atoms with Gasteiger partial charge < -0.3 is 10.1 Å². The maximum absolute atomic E-state index is 11.0. The molecule has 0 amide bonds. The highest BCUT2D eigenvalue weighted by Crippen LogP contribution is 2.36. The molecule has 0 aliphatic carbocycles. The number of nitro groups is 1. The Labute approximate surface area is 87.2 Å². The molecule has 0 saturated carbocycles. The zero-order valence-corrected chi connectivity index (χ0v) is 8.40. The number of methoxy groups -OCH3 is 1. The summed E-state index contributed by atoms with van der Waals surface area (Å²) in [6.07, 6.45) is 0. The minimum Gasteiger partial charge on any atom is -0.490 e. The standard InChI is InChI=1S/C10H12N2O3/c1-15-9-4-2-3-8(7-5-11-6-7)10(9)12(13)14/h2-4,7,11H,5-6H2,1H3. The number of para-hydroxylation sites is 1. The molecule has 0 unspecified atom stereocenters. The van der Waals surface area contributed by atoms with Crippen molar-refractivity contribution in [3.63, 3.8) is 0 Å². The van der Waals surface area contributed by atoms with E-state index in [4.69, 9.17) is 4.74 Å². The highest BCUT2D eigenvalue weighted by molar-refractivity contribution is 5.54. The second-order valence-corrected chi connectivity index (χ2v) is 3.51. The summed E-state index contributed by atoms with van der Waals surface area (Å²) in [5.74, 6) is 0.574. The predicted molar refractivity (Wildman–Crippen MR) is 55.3 cm³/mol. The summed E-state index contributed by atoms with van der Waals surface area (Å²) in [6.45, 7) is 1.60. The zero-order chi connectivity index (χ0) is 10.8. The van der Waals surface area contributed by atoms with Crippen LogP contribution in [0, 0.1) is 10.1 Å². The molecule has 0 bridgehead atoms. The molecule has 0 atom stereocenters. The van der Waals surface area contributed by atoms with Gasteiger partial charge in [0, 0.05) is 24.6 Å². The highest BCUT2D eigenvalue weighted by Gasteiger charge is 2.29. The third-order valence-corrected chi connectivity index (χ3v) is 2.65. The van der Waals surface area contributed by atoms with E-state index in [1.165, 1.54) is 7.11 Å². The van der Waals surface area contributed by atoms with Crippen LogP contribution < -0.4 is 10.1 Å². The monoisotopic (exact) mass is 208 g/mol. The van der Waals surface area contributed by atoms with Crippen LogP contribution in [0.3, 0.4) is 0 Å². The van der Waals surface area contributed by atoms with Gasteiger partial charge in [-0.3, -0.25) is 10.1 Å². The van der Waals surface area contributed by atoms with Crippen LogP contribution >= 0.6 is 0 Å². The molecule has 2 rings (SSSR count). The smallest absolute Gasteiger partial charge is 0.314 e.